The first-order chi connectivity index (χ1) is 15.0. The Balaban J connectivity index is 1.77. The van der Waals surface area contributed by atoms with Crippen LogP contribution in [0.2, 0.25) is 0 Å². The summed E-state index contributed by atoms with van der Waals surface area (Å²) >= 11 is 0. The number of carbonyl (C=O) groups is 1. The van der Waals surface area contributed by atoms with Crippen LogP contribution in [0, 0.1) is 6.92 Å². The number of amides is 1. The molecule has 0 radical (unpaired) electrons. The second-order valence-electron chi connectivity index (χ2n) is 7.17. The molecule has 0 fully saturated rings. The van der Waals surface area contributed by atoms with E-state index in [0.717, 1.165) is 21.0 Å². The van der Waals surface area contributed by atoms with E-state index in [4.69, 9.17) is 0 Å². The van der Waals surface area contributed by atoms with Gasteiger partial charge >= 0.3 is 0 Å². The fourth-order valence-electron chi connectivity index (χ4n) is 3.30. The van der Waals surface area contributed by atoms with Crippen molar-refractivity contribution in [2.75, 3.05) is 4.31 Å². The Labute approximate surface area is 182 Å². The van der Waals surface area contributed by atoms with Crippen LogP contribution in [0.1, 0.15) is 15.9 Å². The van der Waals surface area contributed by atoms with Gasteiger partial charge in [0.2, 0.25) is 0 Å². The molecule has 4 aromatic rings. The highest BCUT2D eigenvalue weighted by molar-refractivity contribution is 7.93. The summed E-state index contributed by atoms with van der Waals surface area (Å²) in [4.78, 5) is 13.5. The van der Waals surface area contributed by atoms with Crippen LogP contribution in [-0.2, 0) is 10.0 Å². The van der Waals surface area contributed by atoms with E-state index in [1.165, 1.54) is 12.1 Å². The van der Waals surface area contributed by atoms with Crippen molar-refractivity contribution in [2.24, 2.45) is 0 Å². The predicted octanol–water partition coefficient (Wildman–Crippen LogP) is 5.70. The van der Waals surface area contributed by atoms with E-state index in [1.807, 2.05) is 49.4 Å². The molecule has 0 aliphatic heterocycles. The summed E-state index contributed by atoms with van der Waals surface area (Å²) < 4.78 is 27.7. The molecule has 0 atom stereocenters. The van der Waals surface area contributed by atoms with Crippen LogP contribution in [0.15, 0.2) is 114 Å². The Kier molecular flexibility index (Phi) is 5.69. The van der Waals surface area contributed by atoms with Gasteiger partial charge < -0.3 is 0 Å². The quantitative estimate of drug-likeness (QED) is 0.411. The molecule has 0 aliphatic carbocycles. The highest BCUT2D eigenvalue weighted by atomic mass is 32.2. The Morgan fingerprint density at radius 2 is 1.16 bits per heavy atom. The average molecular weight is 428 g/mol. The number of sulfonamides is 1. The van der Waals surface area contributed by atoms with Gasteiger partial charge in [-0.15, -0.1) is 0 Å². The summed E-state index contributed by atoms with van der Waals surface area (Å²) in [5, 5.41) is 0. The minimum absolute atomic E-state index is 0.0600. The van der Waals surface area contributed by atoms with Crippen molar-refractivity contribution in [1.29, 1.82) is 0 Å². The first kappa shape index (κ1) is 20.6. The Morgan fingerprint density at radius 1 is 0.645 bits per heavy atom. The Hall–Kier alpha value is -3.70. The first-order valence-electron chi connectivity index (χ1n) is 9.84. The summed E-state index contributed by atoms with van der Waals surface area (Å²) in [6.45, 7) is 1.91. The van der Waals surface area contributed by atoms with E-state index in [1.54, 1.807) is 54.6 Å². The smallest absolute Gasteiger partial charge is 0.268 e. The zero-order chi connectivity index (χ0) is 21.8. The van der Waals surface area contributed by atoms with Crippen LogP contribution >= 0.6 is 0 Å². The van der Waals surface area contributed by atoms with Gasteiger partial charge in [-0.05, 0) is 54.4 Å². The number of nitrogens with zero attached hydrogens (tertiary/aromatic N) is 1. The number of anilines is 1. The summed E-state index contributed by atoms with van der Waals surface area (Å²) in [6, 6.07) is 31.6. The summed E-state index contributed by atoms with van der Waals surface area (Å²) in [7, 11) is -4.09. The first-order valence-corrected chi connectivity index (χ1v) is 11.3. The third kappa shape index (κ3) is 4.27. The maximum absolute atomic E-state index is 13.4. The molecule has 5 heteroatoms. The number of rotatable bonds is 5. The number of aryl methyl sites for hydroxylation is 1. The lowest BCUT2D eigenvalue weighted by atomic mass is 10.0. The van der Waals surface area contributed by atoms with Crippen molar-refractivity contribution in [2.45, 2.75) is 11.8 Å². The highest BCUT2D eigenvalue weighted by Crippen LogP contribution is 2.27. The molecule has 0 N–H and O–H groups in total. The van der Waals surface area contributed by atoms with Crippen LogP contribution in [0.5, 0.6) is 0 Å². The third-order valence-corrected chi connectivity index (χ3v) is 6.70. The maximum atomic E-state index is 13.4. The molecular weight excluding hydrogens is 406 g/mol. The van der Waals surface area contributed by atoms with Crippen LogP contribution in [-0.4, -0.2) is 14.3 Å². The fraction of sp³-hybridized carbons (Fsp3) is 0.0385. The third-order valence-electron chi connectivity index (χ3n) is 4.97. The molecule has 0 saturated carbocycles. The average Bonchev–Trinajstić information content (AvgIpc) is 2.81. The molecule has 4 rings (SSSR count). The van der Waals surface area contributed by atoms with Crippen LogP contribution < -0.4 is 4.31 Å². The van der Waals surface area contributed by atoms with Gasteiger partial charge in [0.25, 0.3) is 15.9 Å². The van der Waals surface area contributed by atoms with E-state index in [9.17, 15) is 13.2 Å². The zero-order valence-corrected chi connectivity index (χ0v) is 17.8. The second-order valence-corrected chi connectivity index (χ2v) is 8.95. The Morgan fingerprint density at radius 3 is 1.74 bits per heavy atom. The van der Waals surface area contributed by atoms with E-state index in [0.29, 0.717) is 11.3 Å². The molecule has 1 amide bonds. The standard InChI is InChI=1S/C26H21NO3S/c1-20-12-18-24(19-13-20)27(31(29,30)25-10-6-3-7-11-25)26(28)23-16-14-22(15-17-23)21-8-4-2-5-9-21/h2-19H,1H3. The zero-order valence-electron chi connectivity index (χ0n) is 17.0. The van der Waals surface area contributed by atoms with E-state index >= 15 is 0 Å². The Bertz CT molecular complexity index is 1280. The molecule has 0 heterocycles. The van der Waals surface area contributed by atoms with Gasteiger partial charge in [-0.2, -0.15) is 4.31 Å². The summed E-state index contributed by atoms with van der Waals surface area (Å²) in [5.41, 5.74) is 3.53. The predicted molar refractivity (Wildman–Crippen MR) is 123 cm³/mol. The van der Waals surface area contributed by atoms with Crippen LogP contribution in [0.3, 0.4) is 0 Å². The van der Waals surface area contributed by atoms with Gasteiger partial charge in [0.15, 0.2) is 0 Å². The van der Waals surface area contributed by atoms with Gasteiger partial charge in [-0.25, -0.2) is 8.42 Å². The fourth-order valence-corrected chi connectivity index (χ4v) is 4.73. The number of hydrogen-bond acceptors (Lipinski definition) is 3. The molecule has 4 nitrogen and oxygen atoms in total. The molecule has 0 aliphatic rings. The number of carbonyl (C=O) groups excluding carboxylic acids is 1. The molecule has 154 valence electrons. The SMILES string of the molecule is Cc1ccc(N(C(=O)c2ccc(-c3ccccc3)cc2)S(=O)(=O)c2ccccc2)cc1. The van der Waals surface area contributed by atoms with E-state index in [-0.39, 0.29) is 4.90 Å². The molecular formula is C26H21NO3S. The molecule has 0 bridgehead atoms. The van der Waals surface area contributed by atoms with E-state index in [2.05, 4.69) is 0 Å². The minimum atomic E-state index is -4.09. The second kappa shape index (κ2) is 8.58. The van der Waals surface area contributed by atoms with Gasteiger partial charge in [0.05, 0.1) is 10.6 Å². The molecule has 0 spiro atoms. The molecule has 31 heavy (non-hydrogen) atoms. The molecule has 0 unspecified atom stereocenters. The van der Waals surface area contributed by atoms with Gasteiger partial charge in [-0.3, -0.25) is 4.79 Å². The van der Waals surface area contributed by atoms with Crippen molar-refractivity contribution in [1.82, 2.24) is 0 Å². The molecule has 0 aromatic heterocycles. The largest absolute Gasteiger partial charge is 0.272 e. The maximum Gasteiger partial charge on any atom is 0.272 e. The van der Waals surface area contributed by atoms with Crippen molar-refractivity contribution >= 4 is 21.6 Å². The van der Waals surface area contributed by atoms with Gasteiger partial charge in [0, 0.05) is 5.56 Å². The van der Waals surface area contributed by atoms with E-state index < -0.39 is 15.9 Å². The lowest BCUT2D eigenvalue weighted by Gasteiger charge is -2.23. The lowest BCUT2D eigenvalue weighted by molar-refractivity contribution is 0.101. The number of benzene rings is 4. The van der Waals surface area contributed by atoms with Crippen molar-refractivity contribution in [3.05, 3.63) is 120 Å². The normalized spacial score (nSPS) is 11.1. The van der Waals surface area contributed by atoms with Crippen LogP contribution in [0.25, 0.3) is 11.1 Å². The summed E-state index contributed by atoms with van der Waals surface area (Å²) in [6.07, 6.45) is 0. The van der Waals surface area contributed by atoms with Crippen molar-refractivity contribution in [3.8, 4) is 11.1 Å². The van der Waals surface area contributed by atoms with Crippen molar-refractivity contribution in [3.63, 3.8) is 0 Å². The van der Waals surface area contributed by atoms with Gasteiger partial charge in [0.1, 0.15) is 0 Å². The lowest BCUT2D eigenvalue weighted by Crippen LogP contribution is -2.37. The summed E-state index contributed by atoms with van der Waals surface area (Å²) in [5.74, 6) is -0.604. The molecule has 4 aromatic carbocycles. The molecule has 0 saturated heterocycles. The van der Waals surface area contributed by atoms with Gasteiger partial charge in [-0.1, -0.05) is 78.4 Å². The monoisotopic (exact) mass is 427 g/mol. The van der Waals surface area contributed by atoms with Crippen molar-refractivity contribution < 1.29 is 13.2 Å². The number of hydrogen-bond donors (Lipinski definition) is 0. The topological polar surface area (TPSA) is 54.5 Å². The van der Waals surface area contributed by atoms with Crippen LogP contribution in [0.4, 0.5) is 5.69 Å². The highest BCUT2D eigenvalue weighted by Gasteiger charge is 2.31. The minimum Gasteiger partial charge on any atom is -0.268 e.